The maximum absolute atomic E-state index is 4.25. The molecule has 1 aromatic carbocycles. The van der Waals surface area contributed by atoms with Crippen molar-refractivity contribution in [2.24, 2.45) is 0 Å². The number of benzene rings is 1. The fraction of sp³-hybridized carbons (Fsp3) is 0.167. The van der Waals surface area contributed by atoms with Crippen molar-refractivity contribution in [2.75, 3.05) is 0 Å². The molecular formula is C12H12N6. The van der Waals surface area contributed by atoms with Crippen molar-refractivity contribution in [1.82, 2.24) is 30.2 Å². The predicted molar refractivity (Wildman–Crippen MR) is 65.5 cm³/mol. The summed E-state index contributed by atoms with van der Waals surface area (Å²) in [5.41, 5.74) is 1.30. The molecule has 6 heteroatoms. The number of H-pyrrole nitrogens is 1. The first kappa shape index (κ1) is 10.6. The van der Waals surface area contributed by atoms with E-state index in [9.17, 15) is 0 Å². The molecule has 90 valence electrons. The Hall–Kier alpha value is -2.50. The van der Waals surface area contributed by atoms with E-state index in [1.54, 1.807) is 6.20 Å². The van der Waals surface area contributed by atoms with Gasteiger partial charge in [0.05, 0.1) is 0 Å². The first-order chi connectivity index (χ1) is 8.93. The number of aryl methyl sites for hydroxylation is 2. The predicted octanol–water partition coefficient (Wildman–Crippen LogP) is 1.31. The Morgan fingerprint density at radius 1 is 1.17 bits per heavy atom. The summed E-state index contributed by atoms with van der Waals surface area (Å²) in [5, 5.41) is 13.9. The summed E-state index contributed by atoms with van der Waals surface area (Å²) < 4.78 is 2.03. The molecule has 3 aromatic rings. The quantitative estimate of drug-likeness (QED) is 0.746. The van der Waals surface area contributed by atoms with Gasteiger partial charge in [0.15, 0.2) is 5.82 Å². The third-order valence-corrected chi connectivity index (χ3v) is 2.75. The fourth-order valence-electron chi connectivity index (χ4n) is 1.85. The molecule has 1 N–H and O–H groups in total. The van der Waals surface area contributed by atoms with Crippen molar-refractivity contribution in [2.45, 2.75) is 13.0 Å². The zero-order valence-electron chi connectivity index (χ0n) is 9.69. The van der Waals surface area contributed by atoms with E-state index in [0.29, 0.717) is 5.82 Å². The van der Waals surface area contributed by atoms with Crippen LogP contribution in [0, 0.1) is 0 Å². The van der Waals surface area contributed by atoms with Crippen LogP contribution in [0.3, 0.4) is 0 Å². The van der Waals surface area contributed by atoms with Gasteiger partial charge in [0.1, 0.15) is 0 Å². The number of imidazole rings is 1. The summed E-state index contributed by atoms with van der Waals surface area (Å²) in [6, 6.07) is 10.3. The fourth-order valence-corrected chi connectivity index (χ4v) is 1.85. The maximum atomic E-state index is 4.25. The van der Waals surface area contributed by atoms with Gasteiger partial charge < -0.3 is 4.57 Å². The first-order valence-corrected chi connectivity index (χ1v) is 5.72. The van der Waals surface area contributed by atoms with E-state index in [-0.39, 0.29) is 0 Å². The molecule has 0 unspecified atom stereocenters. The van der Waals surface area contributed by atoms with Gasteiger partial charge in [-0.2, -0.15) is 5.21 Å². The average molecular weight is 240 g/mol. The van der Waals surface area contributed by atoms with E-state index in [4.69, 9.17) is 0 Å². The second-order valence-corrected chi connectivity index (χ2v) is 3.92. The van der Waals surface area contributed by atoms with Crippen LogP contribution in [0.25, 0.3) is 11.6 Å². The minimum atomic E-state index is 0.521. The molecule has 0 saturated carbocycles. The first-order valence-electron chi connectivity index (χ1n) is 5.72. The Kier molecular flexibility index (Phi) is 2.83. The van der Waals surface area contributed by atoms with Crippen molar-refractivity contribution < 1.29 is 0 Å². The molecule has 18 heavy (non-hydrogen) atoms. The van der Waals surface area contributed by atoms with Gasteiger partial charge in [0.2, 0.25) is 5.82 Å². The number of nitrogens with one attached hydrogen (secondary N) is 1. The average Bonchev–Trinajstić information content (AvgIpc) is 3.08. The second kappa shape index (κ2) is 4.79. The van der Waals surface area contributed by atoms with Gasteiger partial charge in [0.25, 0.3) is 0 Å². The molecule has 3 rings (SSSR count). The minimum absolute atomic E-state index is 0.521. The maximum Gasteiger partial charge on any atom is 0.240 e. The molecule has 0 saturated heterocycles. The zero-order valence-corrected chi connectivity index (χ0v) is 9.69. The Labute approximate surface area is 104 Å². The van der Waals surface area contributed by atoms with Crippen LogP contribution >= 0.6 is 0 Å². The van der Waals surface area contributed by atoms with Crippen LogP contribution in [-0.2, 0) is 13.0 Å². The molecule has 0 atom stereocenters. The number of hydrogen-bond donors (Lipinski definition) is 1. The van der Waals surface area contributed by atoms with Crippen molar-refractivity contribution >= 4 is 0 Å². The van der Waals surface area contributed by atoms with Gasteiger partial charge in [0, 0.05) is 18.9 Å². The summed E-state index contributed by atoms with van der Waals surface area (Å²) >= 11 is 0. The molecule has 2 aromatic heterocycles. The summed E-state index contributed by atoms with van der Waals surface area (Å²) in [7, 11) is 0. The lowest BCUT2D eigenvalue weighted by Gasteiger charge is -2.05. The number of hydrogen-bond acceptors (Lipinski definition) is 4. The van der Waals surface area contributed by atoms with E-state index in [2.05, 4.69) is 37.7 Å². The molecule has 0 radical (unpaired) electrons. The number of aromatic nitrogens is 6. The topological polar surface area (TPSA) is 72.3 Å². The van der Waals surface area contributed by atoms with Gasteiger partial charge in [-0.25, -0.2) is 4.98 Å². The van der Waals surface area contributed by atoms with Crippen LogP contribution in [0.2, 0.25) is 0 Å². The van der Waals surface area contributed by atoms with Gasteiger partial charge in [-0.1, -0.05) is 30.3 Å². The van der Waals surface area contributed by atoms with E-state index < -0.39 is 0 Å². The van der Waals surface area contributed by atoms with Crippen molar-refractivity contribution in [3.63, 3.8) is 0 Å². The van der Waals surface area contributed by atoms with Crippen LogP contribution in [0.1, 0.15) is 5.56 Å². The third kappa shape index (κ3) is 2.13. The van der Waals surface area contributed by atoms with Gasteiger partial charge in [-0.05, 0) is 17.2 Å². The van der Waals surface area contributed by atoms with Gasteiger partial charge in [-0.3, -0.25) is 0 Å². The number of rotatable bonds is 4. The van der Waals surface area contributed by atoms with Crippen LogP contribution in [0.4, 0.5) is 0 Å². The highest BCUT2D eigenvalue weighted by atomic mass is 15.5. The second-order valence-electron chi connectivity index (χ2n) is 3.92. The minimum Gasteiger partial charge on any atom is -0.328 e. The molecule has 6 nitrogen and oxygen atoms in total. The van der Waals surface area contributed by atoms with E-state index in [1.165, 1.54) is 5.56 Å². The highest BCUT2D eigenvalue weighted by Gasteiger charge is 2.09. The lowest BCUT2D eigenvalue weighted by Crippen LogP contribution is -2.03. The third-order valence-electron chi connectivity index (χ3n) is 2.75. The molecule has 0 aliphatic rings. The lowest BCUT2D eigenvalue weighted by atomic mass is 10.1. The summed E-state index contributed by atoms with van der Waals surface area (Å²) in [6.07, 6.45) is 4.62. The molecule has 2 heterocycles. The van der Waals surface area contributed by atoms with Crippen molar-refractivity contribution in [3.05, 3.63) is 48.3 Å². The highest BCUT2D eigenvalue weighted by molar-refractivity contribution is 5.41. The van der Waals surface area contributed by atoms with E-state index >= 15 is 0 Å². The Balaban J connectivity index is 1.76. The molecule has 0 bridgehead atoms. The smallest absolute Gasteiger partial charge is 0.240 e. The van der Waals surface area contributed by atoms with Crippen LogP contribution in [-0.4, -0.2) is 30.2 Å². The van der Waals surface area contributed by atoms with Gasteiger partial charge >= 0.3 is 0 Å². The summed E-state index contributed by atoms with van der Waals surface area (Å²) in [4.78, 5) is 4.25. The normalized spacial score (nSPS) is 10.7. The molecular weight excluding hydrogens is 228 g/mol. The zero-order chi connectivity index (χ0) is 12.2. The van der Waals surface area contributed by atoms with Crippen molar-refractivity contribution in [1.29, 1.82) is 0 Å². The molecule has 0 amide bonds. The lowest BCUT2D eigenvalue weighted by molar-refractivity contribution is 0.699. The molecule has 0 aliphatic heterocycles. The van der Waals surface area contributed by atoms with Crippen molar-refractivity contribution in [3.8, 4) is 11.6 Å². The standard InChI is InChI=1S/C12H12N6/c1-2-4-10(5-3-1)6-8-18-9-7-13-12(18)11-14-16-17-15-11/h1-5,7,9H,6,8H2,(H,14,15,16,17). The Bertz CT molecular complexity index is 599. The van der Waals surface area contributed by atoms with E-state index in [1.807, 2.05) is 29.0 Å². The van der Waals surface area contributed by atoms with Crippen LogP contribution < -0.4 is 0 Å². The molecule has 0 fully saturated rings. The Morgan fingerprint density at radius 2 is 2.06 bits per heavy atom. The van der Waals surface area contributed by atoms with E-state index in [0.717, 1.165) is 18.8 Å². The number of aromatic amines is 1. The Morgan fingerprint density at radius 3 is 2.83 bits per heavy atom. The largest absolute Gasteiger partial charge is 0.328 e. The summed E-state index contributed by atoms with van der Waals surface area (Å²) in [6.45, 7) is 0.841. The monoisotopic (exact) mass is 240 g/mol. The highest BCUT2D eigenvalue weighted by Crippen LogP contribution is 2.11. The van der Waals surface area contributed by atoms with Crippen LogP contribution in [0.5, 0.6) is 0 Å². The number of nitrogens with zero attached hydrogens (tertiary/aromatic N) is 5. The SMILES string of the molecule is c1ccc(CCn2ccnc2-c2nn[nH]n2)cc1. The van der Waals surface area contributed by atoms with Crippen LogP contribution in [0.15, 0.2) is 42.7 Å². The molecule has 0 aliphatic carbocycles. The van der Waals surface area contributed by atoms with Gasteiger partial charge in [-0.15, -0.1) is 10.2 Å². The summed E-state index contributed by atoms with van der Waals surface area (Å²) in [5.74, 6) is 1.26. The number of tetrazole rings is 1. The molecule has 0 spiro atoms.